The van der Waals surface area contributed by atoms with Crippen LogP contribution in [0.25, 0.3) is 0 Å². The van der Waals surface area contributed by atoms with E-state index in [2.05, 4.69) is 39.9 Å². The van der Waals surface area contributed by atoms with Gasteiger partial charge in [-0.1, -0.05) is 31.1 Å². The Kier molecular flexibility index (Phi) is 9.84. The van der Waals surface area contributed by atoms with Gasteiger partial charge in [0, 0.05) is 31.8 Å². The van der Waals surface area contributed by atoms with Gasteiger partial charge in [0.05, 0.1) is 12.2 Å². The summed E-state index contributed by atoms with van der Waals surface area (Å²) in [5, 5.41) is 13.3. The second-order valence-electron chi connectivity index (χ2n) is 6.21. The van der Waals surface area contributed by atoms with Gasteiger partial charge in [-0.05, 0) is 30.5 Å². The number of aliphatic imine (C=N–C) groups is 1. The van der Waals surface area contributed by atoms with Gasteiger partial charge in [0.25, 0.3) is 5.91 Å². The first-order valence-electron chi connectivity index (χ1n) is 8.80. The summed E-state index contributed by atoms with van der Waals surface area (Å²) in [5.74, 6) is 1.72. The van der Waals surface area contributed by atoms with Crippen molar-refractivity contribution in [2.45, 2.75) is 39.8 Å². The van der Waals surface area contributed by atoms with Crippen LogP contribution in [0, 0.1) is 0 Å². The highest BCUT2D eigenvalue weighted by Gasteiger charge is 2.08. The van der Waals surface area contributed by atoms with Crippen molar-refractivity contribution in [2.24, 2.45) is 4.99 Å². The molecule has 7 nitrogen and oxygen atoms in total. The molecule has 148 valence electrons. The first-order chi connectivity index (χ1) is 12.5. The average Bonchev–Trinajstić information content (AvgIpc) is 3.12. The molecule has 1 aromatic heterocycles. The summed E-state index contributed by atoms with van der Waals surface area (Å²) in [5.41, 5.74) is 2.66. The Morgan fingerprint density at radius 3 is 2.37 bits per heavy atom. The second kappa shape index (κ2) is 11.6. The predicted octanol–water partition coefficient (Wildman–Crippen LogP) is 3.03. The van der Waals surface area contributed by atoms with E-state index in [1.807, 2.05) is 37.3 Å². The Labute approximate surface area is 177 Å². The molecule has 0 fully saturated rings. The van der Waals surface area contributed by atoms with Crippen LogP contribution in [0.15, 0.2) is 39.8 Å². The van der Waals surface area contributed by atoms with Crippen molar-refractivity contribution in [1.29, 1.82) is 0 Å². The van der Waals surface area contributed by atoms with Crippen molar-refractivity contribution < 1.29 is 9.32 Å². The molecule has 0 saturated heterocycles. The fraction of sp³-hybridized carbons (Fsp3) is 0.421. The Hall–Kier alpha value is -2.10. The van der Waals surface area contributed by atoms with Gasteiger partial charge in [-0.2, -0.15) is 0 Å². The van der Waals surface area contributed by atoms with Crippen LogP contribution in [0.5, 0.6) is 0 Å². The maximum Gasteiger partial charge on any atom is 0.251 e. The molecule has 0 spiro atoms. The fourth-order valence-electron chi connectivity index (χ4n) is 2.30. The van der Waals surface area contributed by atoms with Gasteiger partial charge in [-0.3, -0.25) is 9.79 Å². The lowest BCUT2D eigenvalue weighted by Gasteiger charge is -2.11. The van der Waals surface area contributed by atoms with Crippen molar-refractivity contribution in [3.05, 3.63) is 52.9 Å². The SMILES string of the molecule is CCNC(=O)c1ccc(CNC(=NC)NCc2cc(C(C)C)no2)cc1.I. The van der Waals surface area contributed by atoms with E-state index < -0.39 is 0 Å². The summed E-state index contributed by atoms with van der Waals surface area (Å²) >= 11 is 0. The number of hydrogen-bond acceptors (Lipinski definition) is 4. The lowest BCUT2D eigenvalue weighted by Crippen LogP contribution is -2.36. The third kappa shape index (κ3) is 7.20. The molecule has 0 aliphatic rings. The van der Waals surface area contributed by atoms with Crippen LogP contribution in [-0.2, 0) is 13.1 Å². The normalized spacial score (nSPS) is 11.1. The summed E-state index contributed by atoms with van der Waals surface area (Å²) in [6, 6.07) is 9.44. The zero-order chi connectivity index (χ0) is 18.9. The van der Waals surface area contributed by atoms with Gasteiger partial charge < -0.3 is 20.5 Å². The van der Waals surface area contributed by atoms with E-state index in [9.17, 15) is 4.79 Å². The van der Waals surface area contributed by atoms with E-state index >= 15 is 0 Å². The summed E-state index contributed by atoms with van der Waals surface area (Å²) < 4.78 is 5.31. The first kappa shape index (κ1) is 22.9. The van der Waals surface area contributed by atoms with Crippen molar-refractivity contribution in [1.82, 2.24) is 21.1 Å². The molecular weight excluding hydrogens is 457 g/mol. The lowest BCUT2D eigenvalue weighted by molar-refractivity contribution is 0.0956. The summed E-state index contributed by atoms with van der Waals surface area (Å²) in [6.07, 6.45) is 0. The Bertz CT molecular complexity index is 741. The minimum Gasteiger partial charge on any atom is -0.359 e. The Morgan fingerprint density at radius 2 is 1.81 bits per heavy atom. The Balaban J connectivity index is 0.00000364. The molecule has 0 saturated carbocycles. The van der Waals surface area contributed by atoms with Crippen molar-refractivity contribution in [2.75, 3.05) is 13.6 Å². The number of halogens is 1. The molecule has 2 rings (SSSR count). The van der Waals surface area contributed by atoms with Crippen molar-refractivity contribution in [3.8, 4) is 0 Å². The molecule has 27 heavy (non-hydrogen) atoms. The van der Waals surface area contributed by atoms with E-state index in [0.717, 1.165) is 17.0 Å². The zero-order valence-corrected chi connectivity index (χ0v) is 18.5. The maximum absolute atomic E-state index is 11.8. The minimum absolute atomic E-state index is 0. The van der Waals surface area contributed by atoms with E-state index in [4.69, 9.17) is 4.52 Å². The minimum atomic E-state index is -0.0580. The molecule has 0 aliphatic heterocycles. The summed E-state index contributed by atoms with van der Waals surface area (Å²) in [4.78, 5) is 16.0. The zero-order valence-electron chi connectivity index (χ0n) is 16.2. The van der Waals surface area contributed by atoms with Crippen molar-refractivity contribution in [3.63, 3.8) is 0 Å². The molecule has 1 amide bonds. The van der Waals surface area contributed by atoms with Crippen LogP contribution in [0.2, 0.25) is 0 Å². The van der Waals surface area contributed by atoms with Gasteiger partial charge in [-0.25, -0.2) is 0 Å². The third-order valence-electron chi connectivity index (χ3n) is 3.84. The highest BCUT2D eigenvalue weighted by atomic mass is 127. The molecular formula is C19H28IN5O2. The smallest absolute Gasteiger partial charge is 0.251 e. The number of guanidine groups is 1. The number of nitrogens with zero attached hydrogens (tertiary/aromatic N) is 2. The first-order valence-corrected chi connectivity index (χ1v) is 8.80. The maximum atomic E-state index is 11.8. The number of rotatable bonds is 7. The van der Waals surface area contributed by atoms with E-state index in [0.29, 0.717) is 37.1 Å². The monoisotopic (exact) mass is 485 g/mol. The summed E-state index contributed by atoms with van der Waals surface area (Å²) in [6.45, 7) is 7.78. The highest BCUT2D eigenvalue weighted by Crippen LogP contribution is 2.13. The van der Waals surface area contributed by atoms with Crippen LogP contribution in [0.1, 0.15) is 54.1 Å². The molecule has 0 unspecified atom stereocenters. The third-order valence-corrected chi connectivity index (χ3v) is 3.84. The van der Waals surface area contributed by atoms with Crippen LogP contribution in [0.3, 0.4) is 0 Å². The second-order valence-corrected chi connectivity index (χ2v) is 6.21. The number of benzene rings is 1. The van der Waals surface area contributed by atoms with Crippen LogP contribution >= 0.6 is 24.0 Å². The van der Waals surface area contributed by atoms with Gasteiger partial charge in [0.15, 0.2) is 11.7 Å². The molecule has 2 aromatic rings. The number of nitrogens with one attached hydrogen (secondary N) is 3. The van der Waals surface area contributed by atoms with Crippen LogP contribution in [-0.4, -0.2) is 30.6 Å². The number of carbonyl (C=O) groups excluding carboxylic acids is 1. The number of aromatic nitrogens is 1. The molecule has 0 bridgehead atoms. The Morgan fingerprint density at radius 1 is 1.15 bits per heavy atom. The fourth-order valence-corrected chi connectivity index (χ4v) is 2.30. The molecule has 1 heterocycles. The molecule has 0 atom stereocenters. The molecule has 3 N–H and O–H groups in total. The van der Waals surface area contributed by atoms with Gasteiger partial charge >= 0.3 is 0 Å². The molecule has 0 radical (unpaired) electrons. The lowest BCUT2D eigenvalue weighted by atomic mass is 10.1. The van der Waals surface area contributed by atoms with Crippen molar-refractivity contribution >= 4 is 35.8 Å². The number of hydrogen-bond donors (Lipinski definition) is 3. The number of amides is 1. The average molecular weight is 485 g/mol. The van der Waals surface area contributed by atoms with Gasteiger partial charge in [0.1, 0.15) is 0 Å². The quantitative estimate of drug-likeness (QED) is 0.319. The highest BCUT2D eigenvalue weighted by molar-refractivity contribution is 14.0. The topological polar surface area (TPSA) is 91.5 Å². The molecule has 0 aliphatic carbocycles. The van der Waals surface area contributed by atoms with Crippen LogP contribution in [0.4, 0.5) is 0 Å². The number of carbonyl (C=O) groups is 1. The van der Waals surface area contributed by atoms with E-state index in [1.54, 1.807) is 7.05 Å². The van der Waals surface area contributed by atoms with Gasteiger partial charge in [0.2, 0.25) is 0 Å². The van der Waals surface area contributed by atoms with Crippen LogP contribution < -0.4 is 16.0 Å². The summed E-state index contributed by atoms with van der Waals surface area (Å²) in [7, 11) is 1.72. The standard InChI is InChI=1S/C19H27N5O2.HI/c1-5-21-18(25)15-8-6-14(7-9-15)11-22-19(20-4)23-12-16-10-17(13(2)3)24-26-16;/h6-10,13H,5,11-12H2,1-4H3,(H,21,25)(H2,20,22,23);1H. The van der Waals surface area contributed by atoms with E-state index in [1.165, 1.54) is 0 Å². The largest absolute Gasteiger partial charge is 0.359 e. The molecule has 8 heteroatoms. The van der Waals surface area contributed by atoms with E-state index in [-0.39, 0.29) is 29.9 Å². The van der Waals surface area contributed by atoms with Gasteiger partial charge in [-0.15, -0.1) is 24.0 Å². The molecule has 1 aromatic carbocycles. The predicted molar refractivity (Wildman–Crippen MR) is 117 cm³/mol.